The third-order valence-corrected chi connectivity index (χ3v) is 5.42. The van der Waals surface area contributed by atoms with Crippen molar-refractivity contribution in [2.24, 2.45) is 5.41 Å². The van der Waals surface area contributed by atoms with E-state index in [1.54, 1.807) is 20.8 Å². The molecule has 0 heterocycles. The average molecular weight is 419 g/mol. The molecule has 3 rings (SSSR count). The molecular formula is C24H28ClFO3. The lowest BCUT2D eigenvalue weighted by Gasteiger charge is -2.31. The summed E-state index contributed by atoms with van der Waals surface area (Å²) in [4.78, 5) is 12.2. The van der Waals surface area contributed by atoms with Gasteiger partial charge in [-0.05, 0) is 80.8 Å². The molecule has 0 amide bonds. The summed E-state index contributed by atoms with van der Waals surface area (Å²) in [6, 6.07) is 8.65. The topological polar surface area (TPSA) is 35.5 Å². The first-order chi connectivity index (χ1) is 13.4. The highest BCUT2D eigenvalue weighted by atomic mass is 35.5. The van der Waals surface area contributed by atoms with Crippen molar-refractivity contribution in [3.05, 3.63) is 63.4 Å². The van der Waals surface area contributed by atoms with Gasteiger partial charge in [0, 0.05) is 10.6 Å². The van der Waals surface area contributed by atoms with Crippen LogP contribution in [0.5, 0.6) is 5.75 Å². The molecule has 0 aliphatic heterocycles. The Balaban J connectivity index is 1.73. The maximum absolute atomic E-state index is 14.5. The normalized spacial score (nSPS) is 15.6. The molecule has 2 aromatic carbocycles. The number of fused-ring (bicyclic) bond motifs is 1. The second-order valence-electron chi connectivity index (χ2n) is 9.49. The fourth-order valence-electron chi connectivity index (χ4n) is 3.53. The Labute approximate surface area is 177 Å². The van der Waals surface area contributed by atoms with Gasteiger partial charge >= 0.3 is 5.97 Å². The zero-order valence-electron chi connectivity index (χ0n) is 17.7. The Hall–Kier alpha value is -2.07. The molecule has 0 saturated heterocycles. The predicted molar refractivity (Wildman–Crippen MR) is 113 cm³/mol. The van der Waals surface area contributed by atoms with Crippen LogP contribution >= 0.6 is 11.6 Å². The van der Waals surface area contributed by atoms with Crippen molar-refractivity contribution < 1.29 is 18.7 Å². The number of halogens is 2. The van der Waals surface area contributed by atoms with Gasteiger partial charge in [-0.3, -0.25) is 0 Å². The third kappa shape index (κ3) is 5.51. The monoisotopic (exact) mass is 418 g/mol. The highest BCUT2D eigenvalue weighted by Crippen LogP contribution is 2.36. The van der Waals surface area contributed by atoms with E-state index in [4.69, 9.17) is 21.1 Å². The van der Waals surface area contributed by atoms with E-state index in [1.807, 2.05) is 6.07 Å². The first-order valence-corrected chi connectivity index (χ1v) is 10.3. The van der Waals surface area contributed by atoms with E-state index in [0.717, 1.165) is 18.6 Å². The van der Waals surface area contributed by atoms with Gasteiger partial charge in [0.15, 0.2) is 0 Å². The van der Waals surface area contributed by atoms with Crippen LogP contribution in [0.1, 0.15) is 68.1 Å². The van der Waals surface area contributed by atoms with Gasteiger partial charge in [-0.2, -0.15) is 0 Å². The fourth-order valence-corrected chi connectivity index (χ4v) is 3.74. The molecule has 0 unspecified atom stereocenters. The maximum atomic E-state index is 14.5. The molecule has 0 bridgehead atoms. The molecule has 0 N–H and O–H groups in total. The number of carbonyl (C=O) groups excluding carboxylic acids is 1. The van der Waals surface area contributed by atoms with E-state index >= 15 is 0 Å². The number of benzene rings is 2. The van der Waals surface area contributed by atoms with Gasteiger partial charge in [0.2, 0.25) is 0 Å². The highest BCUT2D eigenvalue weighted by Gasteiger charge is 2.25. The minimum Gasteiger partial charge on any atom is -0.489 e. The average Bonchev–Trinajstić information content (AvgIpc) is 2.59. The number of ether oxygens (including phenoxy) is 2. The summed E-state index contributed by atoms with van der Waals surface area (Å²) in [5.41, 5.74) is 2.55. The first-order valence-electron chi connectivity index (χ1n) is 9.89. The Bertz CT molecular complexity index is 928. The van der Waals surface area contributed by atoms with Crippen molar-refractivity contribution in [2.45, 2.75) is 66.1 Å². The molecule has 1 aliphatic rings. The van der Waals surface area contributed by atoms with E-state index in [2.05, 4.69) is 26.0 Å². The van der Waals surface area contributed by atoms with E-state index < -0.39 is 17.4 Å². The number of aryl methyl sites for hydroxylation is 1. The zero-order valence-corrected chi connectivity index (χ0v) is 18.5. The van der Waals surface area contributed by atoms with Crippen LogP contribution in [0.25, 0.3) is 0 Å². The summed E-state index contributed by atoms with van der Waals surface area (Å²) in [6.45, 7) is 9.86. The van der Waals surface area contributed by atoms with Gasteiger partial charge in [0.05, 0.1) is 5.56 Å². The van der Waals surface area contributed by atoms with E-state index in [0.29, 0.717) is 5.56 Å². The number of hydrogen-bond acceptors (Lipinski definition) is 3. The second-order valence-corrected chi connectivity index (χ2v) is 9.89. The Morgan fingerprint density at radius 1 is 1.17 bits per heavy atom. The lowest BCUT2D eigenvalue weighted by molar-refractivity contribution is 0.00646. The van der Waals surface area contributed by atoms with Crippen LogP contribution in [-0.4, -0.2) is 11.6 Å². The van der Waals surface area contributed by atoms with Gasteiger partial charge in [-0.15, -0.1) is 0 Å². The van der Waals surface area contributed by atoms with Crippen LogP contribution in [0, 0.1) is 11.2 Å². The van der Waals surface area contributed by atoms with Crippen molar-refractivity contribution >= 4 is 17.6 Å². The summed E-state index contributed by atoms with van der Waals surface area (Å²) in [5, 5.41) is 0.270. The molecule has 5 heteroatoms. The van der Waals surface area contributed by atoms with Crippen LogP contribution in [0.4, 0.5) is 4.39 Å². The number of rotatable bonds is 4. The van der Waals surface area contributed by atoms with Gasteiger partial charge < -0.3 is 9.47 Å². The van der Waals surface area contributed by atoms with Gasteiger partial charge in [-0.25, -0.2) is 9.18 Å². The van der Waals surface area contributed by atoms with Crippen LogP contribution in [-0.2, 0) is 24.2 Å². The van der Waals surface area contributed by atoms with Gasteiger partial charge in [-0.1, -0.05) is 31.5 Å². The smallest absolute Gasteiger partial charge is 0.341 e. The molecule has 3 nitrogen and oxygen atoms in total. The molecule has 1 aliphatic carbocycles. The summed E-state index contributed by atoms with van der Waals surface area (Å²) in [5.74, 6) is -0.676. The lowest BCUT2D eigenvalue weighted by atomic mass is 9.74. The summed E-state index contributed by atoms with van der Waals surface area (Å²) >= 11 is 6.28. The fraction of sp³-hybridized carbons (Fsp3) is 0.458. The van der Waals surface area contributed by atoms with Crippen molar-refractivity contribution in [1.82, 2.24) is 0 Å². The van der Waals surface area contributed by atoms with Crippen LogP contribution < -0.4 is 4.74 Å². The van der Waals surface area contributed by atoms with Crippen molar-refractivity contribution in [2.75, 3.05) is 0 Å². The zero-order chi connectivity index (χ0) is 21.4. The molecule has 0 aromatic heterocycles. The van der Waals surface area contributed by atoms with E-state index in [1.165, 1.54) is 29.7 Å². The molecule has 0 radical (unpaired) electrons. The standard InChI is InChI=1S/C24H28ClFO3/c1-23(2,3)29-22(27)19-12-20(25)17(11-21(19)26)14-28-18-7-6-15-8-9-24(4,5)13-16(15)10-18/h6-7,10-12H,8-9,13-14H2,1-5H3. The highest BCUT2D eigenvalue weighted by molar-refractivity contribution is 6.31. The quantitative estimate of drug-likeness (QED) is 0.529. The molecule has 0 spiro atoms. The van der Waals surface area contributed by atoms with E-state index in [-0.39, 0.29) is 22.6 Å². The third-order valence-electron chi connectivity index (χ3n) is 5.07. The van der Waals surface area contributed by atoms with Crippen molar-refractivity contribution in [3.63, 3.8) is 0 Å². The summed E-state index contributed by atoms with van der Waals surface area (Å²) in [6.07, 6.45) is 3.27. The Morgan fingerprint density at radius 3 is 2.59 bits per heavy atom. The van der Waals surface area contributed by atoms with Crippen molar-refractivity contribution in [3.8, 4) is 5.75 Å². The minimum atomic E-state index is -0.735. The summed E-state index contributed by atoms with van der Waals surface area (Å²) < 4.78 is 25.6. The minimum absolute atomic E-state index is 0.118. The Morgan fingerprint density at radius 2 is 1.90 bits per heavy atom. The van der Waals surface area contributed by atoms with Gasteiger partial charge in [0.25, 0.3) is 0 Å². The maximum Gasteiger partial charge on any atom is 0.341 e. The molecule has 0 atom stereocenters. The largest absolute Gasteiger partial charge is 0.489 e. The van der Waals surface area contributed by atoms with Crippen LogP contribution in [0.2, 0.25) is 5.02 Å². The molecule has 0 fully saturated rings. The van der Waals surface area contributed by atoms with Gasteiger partial charge in [0.1, 0.15) is 23.8 Å². The molecular weight excluding hydrogens is 391 g/mol. The lowest BCUT2D eigenvalue weighted by Crippen LogP contribution is -2.24. The first kappa shape index (κ1) is 21.6. The predicted octanol–water partition coefficient (Wildman–Crippen LogP) is 6.53. The van der Waals surface area contributed by atoms with E-state index in [9.17, 15) is 9.18 Å². The van der Waals surface area contributed by atoms with Crippen LogP contribution in [0.15, 0.2) is 30.3 Å². The molecule has 29 heavy (non-hydrogen) atoms. The summed E-state index contributed by atoms with van der Waals surface area (Å²) in [7, 11) is 0. The molecule has 156 valence electrons. The second kappa shape index (κ2) is 7.98. The number of esters is 1. The van der Waals surface area contributed by atoms with Crippen LogP contribution in [0.3, 0.4) is 0 Å². The Kier molecular flexibility index (Phi) is 5.96. The molecule has 0 saturated carbocycles. The molecule has 2 aromatic rings. The van der Waals surface area contributed by atoms with Crippen molar-refractivity contribution in [1.29, 1.82) is 0 Å². The number of hydrogen-bond donors (Lipinski definition) is 0. The SMILES string of the molecule is CC1(C)CCc2ccc(OCc3cc(F)c(C(=O)OC(C)(C)C)cc3Cl)cc2C1. The number of carbonyl (C=O) groups is 1.